The van der Waals surface area contributed by atoms with E-state index in [1.54, 1.807) is 19.1 Å². The molecule has 0 radical (unpaired) electrons. The number of aliphatic hydroxyl groups is 1. The fraction of sp³-hybridized carbons (Fsp3) is 0.571. The van der Waals surface area contributed by atoms with Crippen molar-refractivity contribution in [3.63, 3.8) is 0 Å². The summed E-state index contributed by atoms with van der Waals surface area (Å²) < 4.78 is 43.4. The number of alkyl halides is 3. The maximum absolute atomic E-state index is 13.8. The Morgan fingerprint density at radius 3 is 2.22 bits per heavy atom. The number of aromatic nitrogens is 1. The first-order valence-electron chi connectivity index (χ1n) is 12.9. The third kappa shape index (κ3) is 6.03. The van der Waals surface area contributed by atoms with Crippen LogP contribution >= 0.6 is 0 Å². The Morgan fingerprint density at radius 1 is 1.03 bits per heavy atom. The molecule has 2 fully saturated rings. The van der Waals surface area contributed by atoms with Gasteiger partial charge >= 0.3 is 12.1 Å². The second-order valence-electron chi connectivity index (χ2n) is 11.2. The van der Waals surface area contributed by atoms with Gasteiger partial charge in [0.1, 0.15) is 0 Å². The standard InChI is InChI=1S/C28H35F3N2O4/c1-16-23(25(34)32-22-11-19(12-22)26(35)36)14-24(33(16)15-17-7-5-4-6-8-17)18-9-20(27(2,3)37)13-21(10-18)28(29,30)31/h9-10,13-14,17,19,22,37H,4-8,11-12,15H2,1-3H3,(H,32,34)(H,35,36)/t19-,22-. The van der Waals surface area contributed by atoms with Crippen LogP contribution in [-0.2, 0) is 23.1 Å². The van der Waals surface area contributed by atoms with Gasteiger partial charge in [0.05, 0.1) is 22.6 Å². The third-order valence-electron chi connectivity index (χ3n) is 7.86. The molecular formula is C28H35F3N2O4. The third-order valence-corrected chi connectivity index (χ3v) is 7.86. The lowest BCUT2D eigenvalue weighted by molar-refractivity contribution is -0.145. The van der Waals surface area contributed by atoms with Gasteiger partial charge in [-0.2, -0.15) is 13.2 Å². The van der Waals surface area contributed by atoms with Crippen molar-refractivity contribution in [2.75, 3.05) is 0 Å². The van der Waals surface area contributed by atoms with Crippen LogP contribution in [-0.4, -0.2) is 32.7 Å². The normalized spacial score (nSPS) is 20.9. The molecule has 0 unspecified atom stereocenters. The molecule has 1 aromatic heterocycles. The van der Waals surface area contributed by atoms with Crippen molar-refractivity contribution >= 4 is 11.9 Å². The van der Waals surface area contributed by atoms with Crippen LogP contribution in [0.25, 0.3) is 11.3 Å². The maximum Gasteiger partial charge on any atom is 0.416 e. The molecule has 1 amide bonds. The summed E-state index contributed by atoms with van der Waals surface area (Å²) in [5.74, 6) is -1.35. The second-order valence-corrected chi connectivity index (χ2v) is 11.2. The van der Waals surface area contributed by atoms with Gasteiger partial charge in [-0.3, -0.25) is 9.59 Å². The van der Waals surface area contributed by atoms with Crippen LogP contribution in [0.1, 0.15) is 86.0 Å². The number of halogens is 3. The van der Waals surface area contributed by atoms with E-state index in [9.17, 15) is 27.9 Å². The van der Waals surface area contributed by atoms with Gasteiger partial charge in [-0.1, -0.05) is 19.3 Å². The van der Waals surface area contributed by atoms with Crippen molar-refractivity contribution in [2.45, 2.75) is 90.1 Å². The molecule has 0 saturated heterocycles. The zero-order valence-corrected chi connectivity index (χ0v) is 21.5. The molecule has 0 bridgehead atoms. The minimum Gasteiger partial charge on any atom is -0.481 e. The van der Waals surface area contributed by atoms with E-state index in [0.717, 1.165) is 37.8 Å². The molecule has 0 aliphatic heterocycles. The summed E-state index contributed by atoms with van der Waals surface area (Å²) >= 11 is 0. The molecule has 3 N–H and O–H groups in total. The molecule has 1 heterocycles. The summed E-state index contributed by atoms with van der Waals surface area (Å²) in [5.41, 5.74) is -0.384. The van der Waals surface area contributed by atoms with Gasteiger partial charge in [0.2, 0.25) is 0 Å². The van der Waals surface area contributed by atoms with Gasteiger partial charge in [0.25, 0.3) is 5.91 Å². The number of carboxylic acids is 1. The molecule has 2 aliphatic rings. The minimum atomic E-state index is -4.60. The highest BCUT2D eigenvalue weighted by atomic mass is 19.4. The summed E-state index contributed by atoms with van der Waals surface area (Å²) in [6, 6.07) is 4.99. The van der Waals surface area contributed by atoms with Crippen LogP contribution in [0.4, 0.5) is 13.2 Å². The Morgan fingerprint density at radius 2 is 1.65 bits per heavy atom. The van der Waals surface area contributed by atoms with E-state index in [2.05, 4.69) is 5.32 Å². The number of rotatable bonds is 7. The highest BCUT2D eigenvalue weighted by molar-refractivity contribution is 5.97. The average Bonchev–Trinajstić information content (AvgIpc) is 3.11. The lowest BCUT2D eigenvalue weighted by Gasteiger charge is -2.32. The Kier molecular flexibility index (Phi) is 7.48. The first kappa shape index (κ1) is 27.2. The van der Waals surface area contributed by atoms with Crippen LogP contribution in [0.2, 0.25) is 0 Å². The van der Waals surface area contributed by atoms with E-state index >= 15 is 0 Å². The Hall–Kier alpha value is -2.81. The molecule has 6 nitrogen and oxygen atoms in total. The number of nitrogens with zero attached hydrogens (tertiary/aromatic N) is 1. The summed E-state index contributed by atoms with van der Waals surface area (Å²) in [5, 5.41) is 22.5. The van der Waals surface area contributed by atoms with Gasteiger partial charge < -0.3 is 20.1 Å². The zero-order chi connectivity index (χ0) is 27.1. The summed E-state index contributed by atoms with van der Waals surface area (Å²) in [7, 11) is 0. The average molecular weight is 521 g/mol. The van der Waals surface area contributed by atoms with E-state index in [-0.39, 0.29) is 17.5 Å². The molecule has 4 rings (SSSR count). The quantitative estimate of drug-likeness (QED) is 0.425. The van der Waals surface area contributed by atoms with Gasteiger partial charge in [-0.15, -0.1) is 0 Å². The number of carbonyl (C=O) groups excluding carboxylic acids is 1. The predicted octanol–water partition coefficient (Wildman–Crippen LogP) is 5.88. The second kappa shape index (κ2) is 10.2. The van der Waals surface area contributed by atoms with Crippen LogP contribution in [0, 0.1) is 18.8 Å². The van der Waals surface area contributed by atoms with Crippen molar-refractivity contribution in [2.24, 2.45) is 11.8 Å². The number of hydrogen-bond acceptors (Lipinski definition) is 3. The monoisotopic (exact) mass is 520 g/mol. The number of nitrogens with one attached hydrogen (secondary N) is 1. The number of benzene rings is 1. The number of carboxylic acid groups (broad SMARTS) is 1. The Bertz CT molecular complexity index is 1140. The summed E-state index contributed by atoms with van der Waals surface area (Å²) in [6.45, 7) is 5.28. The number of aliphatic carboxylic acids is 1. The van der Waals surface area contributed by atoms with E-state index in [1.807, 2.05) is 4.57 Å². The highest BCUT2D eigenvalue weighted by Crippen LogP contribution is 2.38. The lowest BCUT2D eigenvalue weighted by Crippen LogP contribution is -2.46. The first-order chi connectivity index (χ1) is 17.2. The Labute approximate surface area is 214 Å². The molecule has 9 heteroatoms. The molecule has 2 aromatic rings. The van der Waals surface area contributed by atoms with Crippen LogP contribution < -0.4 is 5.32 Å². The predicted molar refractivity (Wildman–Crippen MR) is 133 cm³/mol. The van der Waals surface area contributed by atoms with Gasteiger partial charge in [-0.05, 0) is 87.8 Å². The number of carbonyl (C=O) groups is 2. The number of amides is 1. The van der Waals surface area contributed by atoms with Crippen LogP contribution in [0.15, 0.2) is 24.3 Å². The largest absolute Gasteiger partial charge is 0.481 e. The molecule has 37 heavy (non-hydrogen) atoms. The minimum absolute atomic E-state index is 0.139. The van der Waals surface area contributed by atoms with Crippen molar-refractivity contribution in [1.29, 1.82) is 0 Å². The highest BCUT2D eigenvalue weighted by Gasteiger charge is 2.36. The molecule has 1 aromatic carbocycles. The van der Waals surface area contributed by atoms with Crippen molar-refractivity contribution in [1.82, 2.24) is 9.88 Å². The maximum atomic E-state index is 13.8. The van der Waals surface area contributed by atoms with E-state index < -0.39 is 29.2 Å². The van der Waals surface area contributed by atoms with Gasteiger partial charge in [-0.25, -0.2) is 0 Å². The molecule has 0 spiro atoms. The summed E-state index contributed by atoms with van der Waals surface area (Å²) in [4.78, 5) is 24.3. The Balaban J connectivity index is 1.75. The van der Waals surface area contributed by atoms with Crippen LogP contribution in [0.3, 0.4) is 0 Å². The summed E-state index contributed by atoms with van der Waals surface area (Å²) in [6.07, 6.45) is 1.54. The smallest absolute Gasteiger partial charge is 0.416 e. The van der Waals surface area contributed by atoms with E-state index in [4.69, 9.17) is 5.11 Å². The number of hydrogen-bond donors (Lipinski definition) is 3. The molecule has 2 saturated carbocycles. The molecular weight excluding hydrogens is 485 g/mol. The topological polar surface area (TPSA) is 91.6 Å². The lowest BCUT2D eigenvalue weighted by atomic mass is 9.80. The van der Waals surface area contributed by atoms with Gasteiger partial charge in [0.15, 0.2) is 0 Å². The van der Waals surface area contributed by atoms with Crippen LogP contribution in [0.5, 0.6) is 0 Å². The SMILES string of the molecule is Cc1c(C(=O)N[C@H]2C[C@H](C(=O)O)C2)cc(-c2cc(C(C)(C)O)cc(C(F)(F)F)c2)n1CC1CCCCC1. The van der Waals surface area contributed by atoms with Gasteiger partial charge in [0, 0.05) is 24.0 Å². The molecule has 2 aliphatic carbocycles. The first-order valence-corrected chi connectivity index (χ1v) is 12.9. The van der Waals surface area contributed by atoms with Crippen molar-refractivity contribution in [3.8, 4) is 11.3 Å². The fourth-order valence-electron chi connectivity index (χ4n) is 5.47. The van der Waals surface area contributed by atoms with Crippen molar-refractivity contribution < 1.29 is 33.0 Å². The fourth-order valence-corrected chi connectivity index (χ4v) is 5.47. The van der Waals surface area contributed by atoms with E-state index in [0.29, 0.717) is 47.8 Å². The molecule has 0 atom stereocenters. The zero-order valence-electron chi connectivity index (χ0n) is 21.5. The van der Waals surface area contributed by atoms with E-state index in [1.165, 1.54) is 20.3 Å². The molecule has 202 valence electrons. The van der Waals surface area contributed by atoms with Crippen molar-refractivity contribution in [3.05, 3.63) is 46.6 Å².